The molecule has 30 heavy (non-hydrogen) atoms. The van der Waals surface area contributed by atoms with Crippen molar-refractivity contribution in [1.82, 2.24) is 19.7 Å². The number of halogens is 1. The number of hydrogen-bond acceptors (Lipinski definition) is 7. The van der Waals surface area contributed by atoms with Crippen LogP contribution in [0.15, 0.2) is 47.9 Å². The summed E-state index contributed by atoms with van der Waals surface area (Å²) < 4.78 is 1.97. The summed E-state index contributed by atoms with van der Waals surface area (Å²) in [6.07, 6.45) is 4.26. The van der Waals surface area contributed by atoms with E-state index < -0.39 is 10.2 Å². The lowest BCUT2D eigenvalue weighted by Crippen LogP contribution is -2.23. The summed E-state index contributed by atoms with van der Waals surface area (Å²) in [5, 5.41) is 22.3. The van der Waals surface area contributed by atoms with Crippen LogP contribution in [0.25, 0.3) is 11.4 Å². The molecule has 2 aromatic heterocycles. The first-order valence-electron chi connectivity index (χ1n) is 9.15. The summed E-state index contributed by atoms with van der Waals surface area (Å²) in [5.74, 6) is 0.417. The van der Waals surface area contributed by atoms with Gasteiger partial charge in [0.2, 0.25) is 5.91 Å². The smallest absolute Gasteiger partial charge is 0.271 e. The van der Waals surface area contributed by atoms with Gasteiger partial charge in [0.25, 0.3) is 5.69 Å². The number of aromatic nitrogens is 4. The number of hydrogen-bond donors (Lipinski definition) is 1. The van der Waals surface area contributed by atoms with E-state index in [1.807, 2.05) is 16.7 Å². The first-order valence-corrected chi connectivity index (χ1v) is 10.4. The number of carbonyl (C=O) groups excluding carboxylic acids is 1. The monoisotopic (exact) mass is 446 g/mol. The van der Waals surface area contributed by atoms with E-state index in [1.54, 1.807) is 19.3 Å². The average molecular weight is 447 g/mol. The zero-order chi connectivity index (χ0) is 21.7. The van der Waals surface area contributed by atoms with Crippen LogP contribution in [0, 0.1) is 10.1 Å². The lowest BCUT2D eigenvalue weighted by atomic mass is 10.2. The molecule has 11 heteroatoms. The second-order valence-electron chi connectivity index (χ2n) is 6.36. The normalized spacial score (nSPS) is 11.8. The lowest BCUT2D eigenvalue weighted by molar-refractivity contribution is -0.384. The van der Waals surface area contributed by atoms with E-state index in [1.165, 1.54) is 30.0 Å². The Balaban J connectivity index is 1.75. The molecule has 0 aliphatic heterocycles. The number of pyridine rings is 1. The summed E-state index contributed by atoms with van der Waals surface area (Å²) in [7, 11) is 0. The van der Waals surface area contributed by atoms with E-state index in [0.29, 0.717) is 23.2 Å². The zero-order valence-corrected chi connectivity index (χ0v) is 17.9. The number of nitrogens with zero attached hydrogens (tertiary/aromatic N) is 5. The molecule has 3 rings (SSSR count). The maximum absolute atomic E-state index is 12.6. The molecule has 0 fully saturated rings. The van der Waals surface area contributed by atoms with Gasteiger partial charge < -0.3 is 9.88 Å². The van der Waals surface area contributed by atoms with Gasteiger partial charge in [-0.25, -0.2) is 0 Å². The molecular formula is C19H19ClN6O3S. The Bertz CT molecular complexity index is 1060. The van der Waals surface area contributed by atoms with E-state index in [2.05, 4.69) is 27.4 Å². The van der Waals surface area contributed by atoms with E-state index in [0.717, 1.165) is 12.0 Å². The first-order chi connectivity index (χ1) is 14.4. The highest BCUT2D eigenvalue weighted by molar-refractivity contribution is 8.00. The molecule has 1 unspecified atom stereocenters. The van der Waals surface area contributed by atoms with Crippen molar-refractivity contribution in [3.8, 4) is 11.4 Å². The number of amides is 1. The second-order valence-corrected chi connectivity index (χ2v) is 8.08. The largest absolute Gasteiger partial charge is 0.324 e. The van der Waals surface area contributed by atoms with Crippen molar-refractivity contribution in [2.24, 2.45) is 0 Å². The number of nitro groups is 1. The molecule has 9 nitrogen and oxygen atoms in total. The number of nitro benzene ring substituents is 1. The Morgan fingerprint density at radius 1 is 1.30 bits per heavy atom. The number of nitrogens with one attached hydrogen (secondary N) is 1. The molecular weight excluding hydrogens is 428 g/mol. The minimum absolute atomic E-state index is 0.101. The SMILES string of the molecule is CCCn1c(SC(C)C(=O)Nc2ccc([N+](=O)[O-])cc2Cl)nnc1-c1ccncc1. The van der Waals surface area contributed by atoms with Crippen LogP contribution in [0.5, 0.6) is 0 Å². The number of carbonyl (C=O) groups is 1. The van der Waals surface area contributed by atoms with Crippen molar-refractivity contribution in [3.63, 3.8) is 0 Å². The Hall–Kier alpha value is -2.98. The van der Waals surface area contributed by atoms with Crippen molar-refractivity contribution in [2.45, 2.75) is 37.2 Å². The third-order valence-corrected chi connectivity index (χ3v) is 5.57. The van der Waals surface area contributed by atoms with Gasteiger partial charge in [0.05, 0.1) is 20.9 Å². The van der Waals surface area contributed by atoms with Crippen LogP contribution in [0.3, 0.4) is 0 Å². The summed E-state index contributed by atoms with van der Waals surface area (Å²) in [6, 6.07) is 7.62. The number of anilines is 1. The average Bonchev–Trinajstić information content (AvgIpc) is 3.12. The minimum Gasteiger partial charge on any atom is -0.324 e. The fourth-order valence-corrected chi connectivity index (χ4v) is 3.78. The predicted molar refractivity (Wildman–Crippen MR) is 116 cm³/mol. The molecule has 1 aromatic carbocycles. The maximum Gasteiger partial charge on any atom is 0.271 e. The third kappa shape index (κ3) is 4.95. The second kappa shape index (κ2) is 9.68. The van der Waals surface area contributed by atoms with Gasteiger partial charge in [-0.1, -0.05) is 30.3 Å². The molecule has 2 heterocycles. The molecule has 3 aromatic rings. The highest BCUT2D eigenvalue weighted by Crippen LogP contribution is 2.30. The van der Waals surface area contributed by atoms with Crippen LogP contribution in [-0.4, -0.2) is 35.8 Å². The Morgan fingerprint density at radius 2 is 2.03 bits per heavy atom. The summed E-state index contributed by atoms with van der Waals surface area (Å²) in [4.78, 5) is 26.9. The molecule has 0 aliphatic carbocycles. The fourth-order valence-electron chi connectivity index (χ4n) is 2.68. The molecule has 0 saturated heterocycles. The van der Waals surface area contributed by atoms with Gasteiger partial charge in [0, 0.05) is 36.6 Å². The number of thioether (sulfide) groups is 1. The predicted octanol–water partition coefficient (Wildman–Crippen LogP) is 4.43. The van der Waals surface area contributed by atoms with Crippen molar-refractivity contribution in [1.29, 1.82) is 0 Å². The van der Waals surface area contributed by atoms with Gasteiger partial charge in [-0.15, -0.1) is 10.2 Å². The third-order valence-electron chi connectivity index (χ3n) is 4.18. The summed E-state index contributed by atoms with van der Waals surface area (Å²) in [5.41, 5.74) is 1.07. The van der Waals surface area contributed by atoms with E-state index in [4.69, 9.17) is 11.6 Å². The van der Waals surface area contributed by atoms with Crippen molar-refractivity contribution in [3.05, 3.63) is 57.9 Å². The minimum atomic E-state index is -0.545. The van der Waals surface area contributed by atoms with Gasteiger partial charge in [0.1, 0.15) is 0 Å². The van der Waals surface area contributed by atoms with E-state index in [-0.39, 0.29) is 16.6 Å². The quantitative estimate of drug-likeness (QED) is 0.309. The zero-order valence-electron chi connectivity index (χ0n) is 16.3. The fraction of sp³-hybridized carbons (Fsp3) is 0.263. The van der Waals surface area contributed by atoms with Gasteiger partial charge in [0.15, 0.2) is 11.0 Å². The molecule has 0 aliphatic rings. The van der Waals surface area contributed by atoms with Crippen LogP contribution in [0.2, 0.25) is 5.02 Å². The van der Waals surface area contributed by atoms with Crippen LogP contribution >= 0.6 is 23.4 Å². The maximum atomic E-state index is 12.6. The van der Waals surface area contributed by atoms with Crippen LogP contribution < -0.4 is 5.32 Å². The molecule has 156 valence electrons. The molecule has 1 N–H and O–H groups in total. The van der Waals surface area contributed by atoms with Crippen LogP contribution in [-0.2, 0) is 11.3 Å². The van der Waals surface area contributed by atoms with Gasteiger partial charge in [-0.2, -0.15) is 0 Å². The van der Waals surface area contributed by atoms with E-state index >= 15 is 0 Å². The number of benzene rings is 1. The van der Waals surface area contributed by atoms with Crippen molar-refractivity contribution in [2.75, 3.05) is 5.32 Å². The summed E-state index contributed by atoms with van der Waals surface area (Å²) >= 11 is 7.34. The van der Waals surface area contributed by atoms with Crippen molar-refractivity contribution < 1.29 is 9.72 Å². The van der Waals surface area contributed by atoms with Gasteiger partial charge in [-0.3, -0.25) is 19.9 Å². The van der Waals surface area contributed by atoms with Gasteiger partial charge in [-0.05, 0) is 31.5 Å². The Kier molecular flexibility index (Phi) is 7.01. The molecule has 0 spiro atoms. The molecule has 1 amide bonds. The highest BCUT2D eigenvalue weighted by Gasteiger charge is 2.22. The first kappa shape index (κ1) is 21.7. The molecule has 0 bridgehead atoms. The Labute approximate surface area is 182 Å². The van der Waals surface area contributed by atoms with E-state index in [9.17, 15) is 14.9 Å². The van der Waals surface area contributed by atoms with Crippen LogP contribution in [0.4, 0.5) is 11.4 Å². The lowest BCUT2D eigenvalue weighted by Gasteiger charge is -2.14. The molecule has 0 saturated carbocycles. The van der Waals surface area contributed by atoms with Gasteiger partial charge >= 0.3 is 0 Å². The topological polar surface area (TPSA) is 116 Å². The Morgan fingerprint density at radius 3 is 2.67 bits per heavy atom. The number of non-ortho nitro benzene ring substituents is 1. The standard InChI is InChI=1S/C19H19ClN6O3S/c1-3-10-25-17(13-6-8-21-9-7-13)23-24-19(25)30-12(2)18(27)22-16-5-4-14(26(28)29)11-15(16)20/h4-9,11-12H,3,10H2,1-2H3,(H,22,27). The number of rotatable bonds is 8. The van der Waals surface area contributed by atoms with Crippen LogP contribution in [0.1, 0.15) is 20.3 Å². The highest BCUT2D eigenvalue weighted by atomic mass is 35.5. The summed E-state index contributed by atoms with van der Waals surface area (Å²) in [6.45, 7) is 4.50. The molecule has 1 atom stereocenters. The van der Waals surface area contributed by atoms with Crippen molar-refractivity contribution >= 4 is 40.6 Å². The molecule has 0 radical (unpaired) electrons.